The Morgan fingerprint density at radius 1 is 1.38 bits per heavy atom. The van der Waals surface area contributed by atoms with Gasteiger partial charge in [0.05, 0.1) is 18.1 Å². The van der Waals surface area contributed by atoms with Crippen LogP contribution in [0.15, 0.2) is 0 Å². The highest BCUT2D eigenvalue weighted by atomic mass is 16.5. The molecule has 2 rings (SSSR count). The number of ether oxygens (including phenoxy) is 1. The van der Waals surface area contributed by atoms with E-state index < -0.39 is 0 Å². The summed E-state index contributed by atoms with van der Waals surface area (Å²) in [5.41, 5.74) is 0. The highest BCUT2D eigenvalue weighted by Crippen LogP contribution is 2.32. The molecule has 0 N–H and O–H groups in total. The Morgan fingerprint density at radius 2 is 2.15 bits per heavy atom. The fourth-order valence-electron chi connectivity index (χ4n) is 2.42. The fraction of sp³-hybridized carbons (Fsp3) is 0.900. The van der Waals surface area contributed by atoms with Crippen LogP contribution in [0.25, 0.3) is 0 Å². The standard InChI is InChI=1S/C10H16N2O/c1-13-9-6-12(7-9)10-4-2-3-8(10)5-11/h8-10H,2-4,6-7H2,1H3. The molecule has 1 saturated heterocycles. The molecule has 2 unspecified atom stereocenters. The van der Waals surface area contributed by atoms with Gasteiger partial charge < -0.3 is 4.74 Å². The lowest BCUT2D eigenvalue weighted by atomic mass is 9.99. The van der Waals surface area contributed by atoms with Crippen molar-refractivity contribution in [2.24, 2.45) is 5.92 Å². The zero-order chi connectivity index (χ0) is 9.26. The first-order valence-electron chi connectivity index (χ1n) is 5.01. The highest BCUT2D eigenvalue weighted by molar-refractivity contribution is 5.00. The fourth-order valence-corrected chi connectivity index (χ4v) is 2.42. The summed E-state index contributed by atoms with van der Waals surface area (Å²) in [6.45, 7) is 2.05. The van der Waals surface area contributed by atoms with Crippen molar-refractivity contribution in [2.45, 2.75) is 31.4 Å². The van der Waals surface area contributed by atoms with Gasteiger partial charge in [0.25, 0.3) is 0 Å². The van der Waals surface area contributed by atoms with E-state index in [1.54, 1.807) is 7.11 Å². The lowest BCUT2D eigenvalue weighted by Crippen LogP contribution is -2.56. The predicted octanol–water partition coefficient (Wildman–Crippen LogP) is 1.01. The van der Waals surface area contributed by atoms with Gasteiger partial charge in [-0.2, -0.15) is 5.26 Å². The third-order valence-electron chi connectivity index (χ3n) is 3.32. The quantitative estimate of drug-likeness (QED) is 0.636. The van der Waals surface area contributed by atoms with Gasteiger partial charge in [-0.3, -0.25) is 4.90 Å². The van der Waals surface area contributed by atoms with Gasteiger partial charge in [0.2, 0.25) is 0 Å². The number of rotatable bonds is 2. The van der Waals surface area contributed by atoms with Gasteiger partial charge in [0, 0.05) is 26.2 Å². The van der Waals surface area contributed by atoms with E-state index >= 15 is 0 Å². The molecule has 0 aromatic rings. The lowest BCUT2D eigenvalue weighted by molar-refractivity contribution is -0.0539. The molecule has 1 aliphatic heterocycles. The molecule has 1 aliphatic carbocycles. The molecule has 1 saturated carbocycles. The molecule has 0 radical (unpaired) electrons. The molecule has 0 bridgehead atoms. The van der Waals surface area contributed by atoms with Crippen molar-refractivity contribution in [1.29, 1.82) is 5.26 Å². The molecule has 1 heterocycles. The molecule has 72 valence electrons. The van der Waals surface area contributed by atoms with Crippen LogP contribution >= 0.6 is 0 Å². The van der Waals surface area contributed by atoms with Crippen molar-refractivity contribution in [3.63, 3.8) is 0 Å². The average Bonchev–Trinajstić information content (AvgIpc) is 2.50. The summed E-state index contributed by atoms with van der Waals surface area (Å²) in [7, 11) is 1.76. The number of methoxy groups -OCH3 is 1. The van der Waals surface area contributed by atoms with Crippen LogP contribution in [0.5, 0.6) is 0 Å². The maximum absolute atomic E-state index is 8.92. The van der Waals surface area contributed by atoms with Gasteiger partial charge in [-0.15, -0.1) is 0 Å². The van der Waals surface area contributed by atoms with Gasteiger partial charge in [-0.25, -0.2) is 0 Å². The van der Waals surface area contributed by atoms with Crippen molar-refractivity contribution in [2.75, 3.05) is 20.2 Å². The average molecular weight is 180 g/mol. The largest absolute Gasteiger partial charge is 0.379 e. The molecule has 0 spiro atoms. The second-order valence-electron chi connectivity index (χ2n) is 4.05. The van der Waals surface area contributed by atoms with Gasteiger partial charge >= 0.3 is 0 Å². The van der Waals surface area contributed by atoms with Crippen molar-refractivity contribution in [3.8, 4) is 6.07 Å². The summed E-state index contributed by atoms with van der Waals surface area (Å²) in [4.78, 5) is 2.40. The molecule has 3 heteroatoms. The van der Waals surface area contributed by atoms with Crippen LogP contribution < -0.4 is 0 Å². The van der Waals surface area contributed by atoms with E-state index in [1.807, 2.05) is 0 Å². The number of nitriles is 1. The van der Waals surface area contributed by atoms with Crippen LogP contribution in [0.4, 0.5) is 0 Å². The van der Waals surface area contributed by atoms with E-state index in [9.17, 15) is 0 Å². The first-order chi connectivity index (χ1) is 6.35. The van der Waals surface area contributed by atoms with E-state index in [0.717, 1.165) is 19.5 Å². The topological polar surface area (TPSA) is 36.3 Å². The molecule has 0 aromatic heterocycles. The lowest BCUT2D eigenvalue weighted by Gasteiger charge is -2.43. The van der Waals surface area contributed by atoms with E-state index in [2.05, 4.69) is 11.0 Å². The molecule has 2 fully saturated rings. The number of nitrogens with zero attached hydrogens (tertiary/aromatic N) is 2. The smallest absolute Gasteiger partial charge is 0.0825 e. The second kappa shape index (κ2) is 3.65. The third-order valence-corrected chi connectivity index (χ3v) is 3.32. The Hall–Kier alpha value is -0.590. The molecule has 2 aliphatic rings. The molecule has 2 atom stereocenters. The zero-order valence-electron chi connectivity index (χ0n) is 8.07. The monoisotopic (exact) mass is 180 g/mol. The summed E-state index contributed by atoms with van der Waals surface area (Å²) in [5, 5.41) is 8.92. The summed E-state index contributed by atoms with van der Waals surface area (Å²) < 4.78 is 5.22. The third kappa shape index (κ3) is 1.56. The summed E-state index contributed by atoms with van der Waals surface area (Å²) >= 11 is 0. The molecule has 0 amide bonds. The Bertz CT molecular complexity index is 217. The van der Waals surface area contributed by atoms with Gasteiger partial charge in [-0.1, -0.05) is 6.42 Å². The van der Waals surface area contributed by atoms with Crippen LogP contribution in [0.1, 0.15) is 19.3 Å². The van der Waals surface area contributed by atoms with Crippen molar-refractivity contribution in [3.05, 3.63) is 0 Å². The van der Waals surface area contributed by atoms with Crippen LogP contribution in [0.2, 0.25) is 0 Å². The molecule has 13 heavy (non-hydrogen) atoms. The first kappa shape index (κ1) is 8.98. The second-order valence-corrected chi connectivity index (χ2v) is 4.05. The van der Waals surface area contributed by atoms with E-state index in [4.69, 9.17) is 10.00 Å². The zero-order valence-corrected chi connectivity index (χ0v) is 8.07. The molecule has 3 nitrogen and oxygen atoms in total. The van der Waals surface area contributed by atoms with Gasteiger partial charge in [-0.05, 0) is 12.8 Å². The van der Waals surface area contributed by atoms with Gasteiger partial charge in [0.15, 0.2) is 0 Å². The van der Waals surface area contributed by atoms with Crippen LogP contribution in [0.3, 0.4) is 0 Å². The summed E-state index contributed by atoms with van der Waals surface area (Å²) in [6.07, 6.45) is 3.93. The normalized spacial score (nSPS) is 35.7. The Balaban J connectivity index is 1.85. The number of hydrogen-bond donors (Lipinski definition) is 0. The van der Waals surface area contributed by atoms with Crippen LogP contribution in [-0.2, 0) is 4.74 Å². The van der Waals surface area contributed by atoms with E-state index in [-0.39, 0.29) is 5.92 Å². The van der Waals surface area contributed by atoms with Crippen molar-refractivity contribution >= 4 is 0 Å². The van der Waals surface area contributed by atoms with Crippen LogP contribution in [-0.4, -0.2) is 37.2 Å². The first-order valence-corrected chi connectivity index (χ1v) is 5.01. The minimum atomic E-state index is 0.276. The minimum Gasteiger partial charge on any atom is -0.379 e. The van der Waals surface area contributed by atoms with E-state index in [1.165, 1.54) is 12.8 Å². The number of likely N-dealkylation sites (tertiary alicyclic amines) is 1. The Labute approximate surface area is 79.3 Å². The summed E-state index contributed by atoms with van der Waals surface area (Å²) in [6, 6.07) is 2.94. The highest BCUT2D eigenvalue weighted by Gasteiger charge is 2.38. The Kier molecular flexibility index (Phi) is 2.52. The SMILES string of the molecule is COC1CN(C2CCCC2C#N)C1. The van der Waals surface area contributed by atoms with Gasteiger partial charge in [0.1, 0.15) is 0 Å². The maximum atomic E-state index is 8.92. The van der Waals surface area contributed by atoms with E-state index in [0.29, 0.717) is 12.1 Å². The number of hydrogen-bond acceptors (Lipinski definition) is 3. The van der Waals surface area contributed by atoms with Crippen LogP contribution in [0, 0.1) is 17.2 Å². The Morgan fingerprint density at radius 3 is 2.77 bits per heavy atom. The summed E-state index contributed by atoms with van der Waals surface area (Å²) in [5.74, 6) is 0.276. The minimum absolute atomic E-state index is 0.276. The van der Waals surface area contributed by atoms with Crippen molar-refractivity contribution in [1.82, 2.24) is 4.90 Å². The predicted molar refractivity (Wildman–Crippen MR) is 49.1 cm³/mol. The molecular formula is C10H16N2O. The maximum Gasteiger partial charge on any atom is 0.0825 e. The molecule has 0 aromatic carbocycles. The molecular weight excluding hydrogens is 164 g/mol. The van der Waals surface area contributed by atoms with Crippen molar-refractivity contribution < 1.29 is 4.74 Å².